The SMILES string of the molecule is O=C1c2ccccc2C(=O)N1CC1(c2ccccc2F)C=CC=CC1. The smallest absolute Gasteiger partial charge is 0.261 e. The zero-order chi connectivity index (χ0) is 17.4. The number of fused-ring (bicyclic) bond motifs is 1. The van der Waals surface area contributed by atoms with Gasteiger partial charge in [0.1, 0.15) is 5.82 Å². The molecule has 1 aliphatic heterocycles. The molecule has 0 aromatic heterocycles. The fourth-order valence-electron chi connectivity index (χ4n) is 3.60. The van der Waals surface area contributed by atoms with Gasteiger partial charge in [0.2, 0.25) is 0 Å². The van der Waals surface area contributed by atoms with E-state index in [4.69, 9.17) is 0 Å². The van der Waals surface area contributed by atoms with E-state index >= 15 is 0 Å². The molecule has 2 aromatic carbocycles. The summed E-state index contributed by atoms with van der Waals surface area (Å²) in [5, 5.41) is 0. The molecular weight excluding hydrogens is 317 g/mol. The highest BCUT2D eigenvalue weighted by Gasteiger charge is 2.42. The van der Waals surface area contributed by atoms with Gasteiger partial charge in [-0.2, -0.15) is 0 Å². The first-order valence-corrected chi connectivity index (χ1v) is 8.17. The molecule has 2 amide bonds. The quantitative estimate of drug-likeness (QED) is 0.800. The minimum atomic E-state index is -0.756. The predicted molar refractivity (Wildman–Crippen MR) is 92.8 cm³/mol. The van der Waals surface area contributed by atoms with Crippen LogP contribution in [0.4, 0.5) is 4.39 Å². The van der Waals surface area contributed by atoms with Crippen LogP contribution < -0.4 is 0 Å². The zero-order valence-corrected chi connectivity index (χ0v) is 13.5. The Balaban J connectivity index is 1.76. The van der Waals surface area contributed by atoms with E-state index in [1.807, 2.05) is 24.3 Å². The molecule has 124 valence electrons. The van der Waals surface area contributed by atoms with Crippen LogP contribution in [0.2, 0.25) is 0 Å². The zero-order valence-electron chi connectivity index (χ0n) is 13.5. The first-order chi connectivity index (χ1) is 12.1. The Morgan fingerprint density at radius 1 is 0.920 bits per heavy atom. The summed E-state index contributed by atoms with van der Waals surface area (Å²) in [6, 6.07) is 13.3. The highest BCUT2D eigenvalue weighted by molar-refractivity contribution is 6.21. The van der Waals surface area contributed by atoms with Crippen LogP contribution in [0.15, 0.2) is 72.8 Å². The number of carbonyl (C=O) groups is 2. The number of benzene rings is 2. The molecule has 2 aliphatic rings. The number of carbonyl (C=O) groups excluding carboxylic acids is 2. The Labute approximate surface area is 145 Å². The maximum absolute atomic E-state index is 14.5. The van der Waals surface area contributed by atoms with Crippen molar-refractivity contribution < 1.29 is 14.0 Å². The third-order valence-corrected chi connectivity index (χ3v) is 4.87. The molecule has 0 saturated heterocycles. The van der Waals surface area contributed by atoms with E-state index in [-0.39, 0.29) is 24.2 Å². The molecule has 0 radical (unpaired) electrons. The molecule has 0 spiro atoms. The first kappa shape index (κ1) is 15.5. The minimum Gasteiger partial charge on any atom is -0.273 e. The number of rotatable bonds is 3. The molecule has 1 atom stereocenters. The second-order valence-corrected chi connectivity index (χ2v) is 6.37. The molecular formula is C21H16FNO2. The lowest BCUT2D eigenvalue weighted by molar-refractivity contribution is 0.0626. The third-order valence-electron chi connectivity index (χ3n) is 4.87. The summed E-state index contributed by atoms with van der Waals surface area (Å²) in [5.41, 5.74) is 0.554. The Morgan fingerprint density at radius 3 is 2.16 bits per heavy atom. The molecule has 25 heavy (non-hydrogen) atoms. The van der Waals surface area contributed by atoms with Gasteiger partial charge >= 0.3 is 0 Å². The molecule has 3 nitrogen and oxygen atoms in total. The number of imide groups is 1. The highest BCUT2D eigenvalue weighted by Crippen LogP contribution is 2.37. The molecule has 4 rings (SSSR count). The molecule has 0 fully saturated rings. The number of halogens is 1. The second-order valence-electron chi connectivity index (χ2n) is 6.37. The van der Waals surface area contributed by atoms with Gasteiger partial charge in [-0.1, -0.05) is 54.6 Å². The van der Waals surface area contributed by atoms with Crippen molar-refractivity contribution in [3.63, 3.8) is 0 Å². The van der Waals surface area contributed by atoms with E-state index < -0.39 is 5.41 Å². The standard InChI is InChI=1S/C21H16FNO2/c22-18-11-5-4-10-17(18)21(12-6-1-7-13-21)14-23-19(24)15-8-2-3-9-16(15)20(23)25/h1-12H,13-14H2. The van der Waals surface area contributed by atoms with Crippen molar-refractivity contribution in [2.75, 3.05) is 6.54 Å². The van der Waals surface area contributed by atoms with E-state index in [9.17, 15) is 14.0 Å². The topological polar surface area (TPSA) is 37.4 Å². The Hall–Kier alpha value is -3.01. The number of hydrogen-bond acceptors (Lipinski definition) is 2. The summed E-state index contributed by atoms with van der Waals surface area (Å²) < 4.78 is 14.5. The summed E-state index contributed by atoms with van der Waals surface area (Å²) in [6.45, 7) is 0.112. The molecule has 1 heterocycles. The van der Waals surface area contributed by atoms with E-state index in [0.29, 0.717) is 23.1 Å². The van der Waals surface area contributed by atoms with Crippen molar-refractivity contribution in [1.29, 1.82) is 0 Å². The summed E-state index contributed by atoms with van der Waals surface area (Å²) >= 11 is 0. The summed E-state index contributed by atoms with van der Waals surface area (Å²) in [5.74, 6) is -0.974. The summed E-state index contributed by atoms with van der Waals surface area (Å²) in [6.07, 6.45) is 8.08. The van der Waals surface area contributed by atoms with Gasteiger partial charge < -0.3 is 0 Å². The lowest BCUT2D eigenvalue weighted by atomic mass is 9.74. The fraction of sp³-hybridized carbons (Fsp3) is 0.143. The molecule has 0 bridgehead atoms. The maximum atomic E-state index is 14.5. The van der Waals surface area contributed by atoms with Crippen molar-refractivity contribution in [2.45, 2.75) is 11.8 Å². The second kappa shape index (κ2) is 5.81. The predicted octanol–water partition coefficient (Wildman–Crippen LogP) is 3.88. The van der Waals surface area contributed by atoms with Crippen molar-refractivity contribution in [1.82, 2.24) is 4.90 Å². The van der Waals surface area contributed by atoms with Gasteiger partial charge in [-0.3, -0.25) is 14.5 Å². The molecule has 0 N–H and O–H groups in total. The first-order valence-electron chi connectivity index (χ1n) is 8.17. The summed E-state index contributed by atoms with van der Waals surface area (Å²) in [4.78, 5) is 26.7. The Bertz CT molecular complexity index is 896. The van der Waals surface area contributed by atoms with Crippen LogP contribution in [-0.2, 0) is 5.41 Å². The van der Waals surface area contributed by atoms with Crippen LogP contribution in [-0.4, -0.2) is 23.3 Å². The normalized spacial score (nSPS) is 21.7. The molecule has 1 aliphatic carbocycles. The van der Waals surface area contributed by atoms with E-state index in [2.05, 4.69) is 0 Å². The van der Waals surface area contributed by atoms with Gasteiger partial charge in [0.25, 0.3) is 11.8 Å². The number of hydrogen-bond donors (Lipinski definition) is 0. The lowest BCUT2D eigenvalue weighted by Crippen LogP contribution is -2.43. The van der Waals surface area contributed by atoms with E-state index in [1.54, 1.807) is 42.5 Å². The van der Waals surface area contributed by atoms with Gasteiger partial charge in [-0.05, 0) is 30.2 Å². The average molecular weight is 333 g/mol. The van der Waals surface area contributed by atoms with E-state index in [1.165, 1.54) is 11.0 Å². The minimum absolute atomic E-state index is 0.112. The van der Waals surface area contributed by atoms with Gasteiger partial charge in [0, 0.05) is 12.0 Å². The lowest BCUT2D eigenvalue weighted by Gasteiger charge is -2.35. The highest BCUT2D eigenvalue weighted by atomic mass is 19.1. The fourth-order valence-corrected chi connectivity index (χ4v) is 3.60. The van der Waals surface area contributed by atoms with Gasteiger partial charge in [0.05, 0.1) is 11.1 Å². The van der Waals surface area contributed by atoms with Gasteiger partial charge in [-0.15, -0.1) is 0 Å². The van der Waals surface area contributed by atoms with Gasteiger partial charge in [0.15, 0.2) is 0 Å². The number of amides is 2. The summed E-state index contributed by atoms with van der Waals surface area (Å²) in [7, 11) is 0. The van der Waals surface area contributed by atoms with E-state index in [0.717, 1.165) is 0 Å². The van der Waals surface area contributed by atoms with Crippen LogP contribution in [0.25, 0.3) is 0 Å². The molecule has 2 aromatic rings. The molecule has 1 unspecified atom stereocenters. The van der Waals surface area contributed by atoms with Crippen molar-refractivity contribution in [2.24, 2.45) is 0 Å². The Morgan fingerprint density at radius 2 is 1.56 bits per heavy atom. The van der Waals surface area contributed by atoms with Crippen molar-refractivity contribution in [3.05, 3.63) is 95.3 Å². The third kappa shape index (κ3) is 2.41. The maximum Gasteiger partial charge on any atom is 0.261 e. The molecule has 4 heteroatoms. The number of nitrogens with zero attached hydrogens (tertiary/aromatic N) is 1. The van der Waals surface area contributed by atoms with Crippen molar-refractivity contribution >= 4 is 11.8 Å². The number of allylic oxidation sites excluding steroid dienone is 3. The van der Waals surface area contributed by atoms with Crippen molar-refractivity contribution in [3.8, 4) is 0 Å². The van der Waals surface area contributed by atoms with Crippen LogP contribution in [0.5, 0.6) is 0 Å². The van der Waals surface area contributed by atoms with Gasteiger partial charge in [-0.25, -0.2) is 4.39 Å². The largest absolute Gasteiger partial charge is 0.273 e. The van der Waals surface area contributed by atoms with Crippen LogP contribution in [0.3, 0.4) is 0 Å². The monoisotopic (exact) mass is 333 g/mol. The molecule has 0 saturated carbocycles. The Kier molecular flexibility index (Phi) is 3.61. The average Bonchev–Trinajstić information content (AvgIpc) is 2.88. The van der Waals surface area contributed by atoms with Crippen LogP contribution >= 0.6 is 0 Å². The van der Waals surface area contributed by atoms with Crippen LogP contribution in [0, 0.1) is 5.82 Å². The van der Waals surface area contributed by atoms with Crippen LogP contribution in [0.1, 0.15) is 32.7 Å².